The van der Waals surface area contributed by atoms with Gasteiger partial charge in [0.05, 0.1) is 18.7 Å². The quantitative estimate of drug-likeness (QED) is 0.491. The van der Waals surface area contributed by atoms with Gasteiger partial charge in [-0.05, 0) is 38.1 Å². The maximum absolute atomic E-state index is 13.0. The second kappa shape index (κ2) is 9.86. The second-order valence-corrected chi connectivity index (χ2v) is 10.1. The molecule has 2 aromatic carbocycles. The highest BCUT2D eigenvalue weighted by molar-refractivity contribution is 6.36. The summed E-state index contributed by atoms with van der Waals surface area (Å²) in [5.74, 6) is 0.393. The number of benzene rings is 2. The van der Waals surface area contributed by atoms with Gasteiger partial charge >= 0.3 is 0 Å². The Morgan fingerprint density at radius 3 is 2.89 bits per heavy atom. The maximum atomic E-state index is 13.0. The normalized spacial score (nSPS) is 21.4. The smallest absolute Gasteiger partial charge is 0.261 e. The number of carbonyl (C=O) groups excluding carboxylic acids is 2. The fourth-order valence-electron chi connectivity index (χ4n) is 5.08. The molecule has 2 unspecified atom stereocenters. The van der Waals surface area contributed by atoms with E-state index in [4.69, 9.17) is 27.9 Å². The molecule has 0 radical (unpaired) electrons. The Balaban J connectivity index is 1.35. The number of amides is 2. The summed E-state index contributed by atoms with van der Waals surface area (Å²) in [7, 11) is 1.77. The average molecular weight is 529 g/mol. The largest absolute Gasteiger partial charge is 0.465 e. The van der Waals surface area contributed by atoms with Crippen LogP contribution in [0.5, 0.6) is 5.75 Å². The monoisotopic (exact) mass is 528 g/mol. The van der Waals surface area contributed by atoms with Crippen molar-refractivity contribution in [1.29, 1.82) is 0 Å². The van der Waals surface area contributed by atoms with E-state index in [0.29, 0.717) is 47.3 Å². The number of carbonyl (C=O) groups is 2. The summed E-state index contributed by atoms with van der Waals surface area (Å²) in [6.45, 7) is 0.895. The summed E-state index contributed by atoms with van der Waals surface area (Å²) in [5.41, 5.74) is 2.10. The first-order valence-electron chi connectivity index (χ1n) is 11.7. The fourth-order valence-corrected chi connectivity index (χ4v) is 5.59. The molecule has 3 aliphatic rings. The van der Waals surface area contributed by atoms with Crippen molar-refractivity contribution in [3.63, 3.8) is 0 Å². The third kappa shape index (κ3) is 4.39. The average Bonchev–Trinajstić information content (AvgIpc) is 3.40. The van der Waals surface area contributed by atoms with Gasteiger partial charge in [0.25, 0.3) is 5.91 Å². The summed E-state index contributed by atoms with van der Waals surface area (Å²) in [6.07, 6.45) is 4.08. The number of aliphatic hydroxyl groups excluding tert-OH is 1. The van der Waals surface area contributed by atoms with Crippen LogP contribution >= 0.6 is 23.2 Å². The number of hydrogen-bond acceptors (Lipinski definition) is 6. The van der Waals surface area contributed by atoms with Gasteiger partial charge < -0.3 is 15.2 Å². The number of ether oxygens (including phenoxy) is 1. The first-order valence-corrected chi connectivity index (χ1v) is 12.5. The van der Waals surface area contributed by atoms with Crippen LogP contribution < -0.4 is 10.1 Å². The molecule has 8 nitrogen and oxygen atoms in total. The number of hydrogen-bond donors (Lipinski definition) is 2. The van der Waals surface area contributed by atoms with E-state index in [1.54, 1.807) is 41.4 Å². The molecule has 4 bridgehead atoms. The number of nitrogens with one attached hydrogen (secondary N) is 1. The van der Waals surface area contributed by atoms with Crippen LogP contribution in [0, 0.1) is 0 Å². The molecule has 3 aliphatic heterocycles. The van der Waals surface area contributed by atoms with Crippen molar-refractivity contribution in [3.8, 4) is 5.75 Å². The highest BCUT2D eigenvalue weighted by Crippen LogP contribution is 2.47. The molecule has 0 fully saturated rings. The molecule has 2 amide bonds. The summed E-state index contributed by atoms with van der Waals surface area (Å²) in [5, 5.41) is 13.3. The van der Waals surface area contributed by atoms with Crippen molar-refractivity contribution < 1.29 is 19.4 Å². The van der Waals surface area contributed by atoms with Gasteiger partial charge in [0.2, 0.25) is 12.1 Å². The lowest BCUT2D eigenvalue weighted by Gasteiger charge is -2.34. The van der Waals surface area contributed by atoms with E-state index < -0.39 is 11.8 Å². The minimum atomic E-state index is -0.921. The van der Waals surface area contributed by atoms with Gasteiger partial charge in [-0.3, -0.25) is 24.4 Å². The van der Waals surface area contributed by atoms with E-state index in [1.807, 2.05) is 24.3 Å². The van der Waals surface area contributed by atoms with Crippen LogP contribution in [0.2, 0.25) is 10.0 Å². The molecule has 188 valence electrons. The van der Waals surface area contributed by atoms with Gasteiger partial charge in [0.15, 0.2) is 0 Å². The van der Waals surface area contributed by atoms with E-state index >= 15 is 0 Å². The minimum absolute atomic E-state index is 0.0304. The molecular weight excluding hydrogens is 503 g/mol. The molecule has 2 aromatic rings. The van der Waals surface area contributed by atoms with Crippen molar-refractivity contribution in [2.45, 2.75) is 24.6 Å². The molecule has 0 aromatic heterocycles. The molecule has 2 N–H and O–H groups in total. The summed E-state index contributed by atoms with van der Waals surface area (Å²) in [6, 6.07) is 10.8. The molecule has 0 saturated heterocycles. The fraction of sp³-hybridized carbons (Fsp3) is 0.346. The lowest BCUT2D eigenvalue weighted by molar-refractivity contribution is -0.122. The van der Waals surface area contributed by atoms with Crippen LogP contribution in [0.4, 0.5) is 0 Å². The molecule has 2 atom stereocenters. The summed E-state index contributed by atoms with van der Waals surface area (Å²) < 4.78 is 5.93. The lowest BCUT2D eigenvalue weighted by Crippen LogP contribution is -2.52. The SMILES string of the molecule is CN(CCO)CC(=O)NC1(CCCN2C(=O)c3c4cccc3C2O4)C=NC=C1c1ccc(Cl)cc1Cl. The predicted octanol–water partition coefficient (Wildman–Crippen LogP) is 3.53. The van der Waals surface area contributed by atoms with Crippen LogP contribution in [-0.4, -0.2) is 71.8 Å². The number of rotatable bonds is 10. The Kier molecular flexibility index (Phi) is 6.78. The standard InChI is InChI=1S/C26H26Cl2N4O4/c1-31(10-11-33)14-22(34)30-26(15-29-13-19(26)17-7-6-16(27)12-20(17)28)8-3-9-32-24(35)23-18-4-2-5-21(23)36-25(18)32/h2,4-7,12-13,15,25,33H,3,8-11,14H2,1H3,(H,30,34). The Morgan fingerprint density at radius 1 is 1.31 bits per heavy atom. The highest BCUT2D eigenvalue weighted by Gasteiger charge is 2.46. The predicted molar refractivity (Wildman–Crippen MR) is 138 cm³/mol. The Morgan fingerprint density at radius 2 is 2.14 bits per heavy atom. The van der Waals surface area contributed by atoms with Crippen LogP contribution in [0.1, 0.15) is 40.6 Å². The number of nitrogens with zero attached hydrogens (tertiary/aromatic N) is 3. The van der Waals surface area contributed by atoms with Crippen LogP contribution in [0.3, 0.4) is 0 Å². The van der Waals surface area contributed by atoms with Crippen molar-refractivity contribution in [1.82, 2.24) is 15.1 Å². The van der Waals surface area contributed by atoms with Gasteiger partial charge in [-0.25, -0.2) is 0 Å². The third-order valence-corrected chi connectivity index (χ3v) is 7.30. The molecule has 10 heteroatoms. The number of aliphatic hydroxyl groups is 1. The number of likely N-dealkylation sites (N-methyl/N-ethyl adjacent to an activating group) is 1. The number of halogens is 2. The maximum Gasteiger partial charge on any atom is 0.261 e. The molecule has 0 saturated carbocycles. The van der Waals surface area contributed by atoms with Crippen molar-refractivity contribution in [3.05, 3.63) is 69.3 Å². The molecule has 36 heavy (non-hydrogen) atoms. The molecule has 3 heterocycles. The minimum Gasteiger partial charge on any atom is -0.465 e. The van der Waals surface area contributed by atoms with E-state index in [1.165, 1.54) is 0 Å². The Bertz CT molecular complexity index is 1280. The second-order valence-electron chi connectivity index (χ2n) is 9.22. The zero-order valence-corrected chi connectivity index (χ0v) is 21.2. The van der Waals surface area contributed by atoms with Crippen LogP contribution in [0.25, 0.3) is 5.57 Å². The first kappa shape index (κ1) is 24.8. The third-order valence-electron chi connectivity index (χ3n) is 6.75. The van der Waals surface area contributed by atoms with Crippen molar-refractivity contribution >= 4 is 46.8 Å². The van der Waals surface area contributed by atoms with Crippen LogP contribution in [-0.2, 0) is 4.79 Å². The summed E-state index contributed by atoms with van der Waals surface area (Å²) >= 11 is 12.6. The first-order chi connectivity index (χ1) is 17.3. The van der Waals surface area contributed by atoms with Crippen molar-refractivity contribution in [2.24, 2.45) is 4.99 Å². The van der Waals surface area contributed by atoms with Crippen molar-refractivity contribution in [2.75, 3.05) is 33.3 Å². The molecule has 5 rings (SSSR count). The number of aliphatic imine (C=N–C) groups is 1. The summed E-state index contributed by atoms with van der Waals surface area (Å²) in [4.78, 5) is 33.8. The van der Waals surface area contributed by atoms with E-state index in [2.05, 4.69) is 10.3 Å². The van der Waals surface area contributed by atoms with E-state index in [9.17, 15) is 14.7 Å². The molecular formula is C26H26Cl2N4O4. The van der Waals surface area contributed by atoms with Gasteiger partial charge in [-0.2, -0.15) is 0 Å². The van der Waals surface area contributed by atoms with Crippen LogP contribution in [0.15, 0.2) is 47.6 Å². The Labute approximate surface area is 219 Å². The van der Waals surface area contributed by atoms with E-state index in [-0.39, 0.29) is 25.0 Å². The van der Waals surface area contributed by atoms with Gasteiger partial charge in [0.1, 0.15) is 11.3 Å². The van der Waals surface area contributed by atoms with E-state index in [0.717, 1.165) is 16.7 Å². The van der Waals surface area contributed by atoms with Gasteiger partial charge in [-0.1, -0.05) is 41.4 Å². The zero-order valence-electron chi connectivity index (χ0n) is 19.7. The zero-order chi connectivity index (χ0) is 25.4. The topological polar surface area (TPSA) is 94.5 Å². The van der Waals surface area contributed by atoms with Gasteiger partial charge in [-0.15, -0.1) is 0 Å². The molecule has 0 aliphatic carbocycles. The molecule has 0 spiro atoms. The van der Waals surface area contributed by atoms with Gasteiger partial charge in [0, 0.05) is 52.2 Å². The lowest BCUT2D eigenvalue weighted by atomic mass is 9.83. The Hall–Kier alpha value is -2.91. The highest BCUT2D eigenvalue weighted by atomic mass is 35.5.